The molecule has 1 N–H and O–H groups in total. The van der Waals surface area contributed by atoms with Crippen LogP contribution in [0.1, 0.15) is 13.3 Å². The molecule has 102 valence electrons. The number of benzene rings is 1. The fourth-order valence-electron chi connectivity index (χ4n) is 1.49. The first-order chi connectivity index (χ1) is 8.86. The van der Waals surface area contributed by atoms with Gasteiger partial charge in [0.1, 0.15) is 5.75 Å². The van der Waals surface area contributed by atoms with Gasteiger partial charge in [-0.2, -0.15) is 0 Å². The lowest BCUT2D eigenvalue weighted by Gasteiger charge is -2.08. The van der Waals surface area contributed by atoms with Crippen molar-refractivity contribution >= 4 is 5.69 Å². The SMILES string of the molecule is CCOc1ccc(NCCCOCCOC)cc1. The standard InChI is InChI=1S/C14H23NO3/c1-3-18-14-7-5-13(6-8-14)15-9-4-10-17-12-11-16-2/h5-8,15H,3-4,9-12H2,1-2H3. The summed E-state index contributed by atoms with van der Waals surface area (Å²) in [6, 6.07) is 8.00. The first kappa shape index (κ1) is 14.8. The maximum Gasteiger partial charge on any atom is 0.119 e. The van der Waals surface area contributed by atoms with E-state index >= 15 is 0 Å². The van der Waals surface area contributed by atoms with Crippen molar-refractivity contribution in [3.63, 3.8) is 0 Å². The van der Waals surface area contributed by atoms with E-state index in [-0.39, 0.29) is 0 Å². The van der Waals surface area contributed by atoms with Crippen LogP contribution in [-0.2, 0) is 9.47 Å². The van der Waals surface area contributed by atoms with E-state index in [0.717, 1.165) is 31.0 Å². The van der Waals surface area contributed by atoms with Crippen molar-refractivity contribution in [1.29, 1.82) is 0 Å². The molecule has 1 aromatic rings. The van der Waals surface area contributed by atoms with Gasteiger partial charge in [-0.15, -0.1) is 0 Å². The van der Waals surface area contributed by atoms with Crippen LogP contribution >= 0.6 is 0 Å². The summed E-state index contributed by atoms with van der Waals surface area (Å²) < 4.78 is 15.7. The van der Waals surface area contributed by atoms with Crippen molar-refractivity contribution < 1.29 is 14.2 Å². The van der Waals surface area contributed by atoms with Gasteiger partial charge in [-0.3, -0.25) is 0 Å². The van der Waals surface area contributed by atoms with Gasteiger partial charge < -0.3 is 19.5 Å². The number of nitrogens with one attached hydrogen (secondary N) is 1. The van der Waals surface area contributed by atoms with Gasteiger partial charge in [0, 0.05) is 25.9 Å². The Balaban J connectivity index is 2.08. The molecule has 4 heteroatoms. The molecule has 0 aliphatic heterocycles. The first-order valence-corrected chi connectivity index (χ1v) is 6.40. The van der Waals surface area contributed by atoms with E-state index < -0.39 is 0 Å². The maximum atomic E-state index is 5.38. The average molecular weight is 253 g/mol. The zero-order chi connectivity index (χ0) is 13.1. The Kier molecular flexibility index (Phi) is 8.01. The Morgan fingerprint density at radius 3 is 2.50 bits per heavy atom. The highest BCUT2D eigenvalue weighted by Gasteiger charge is 1.94. The molecule has 0 aliphatic rings. The van der Waals surface area contributed by atoms with Gasteiger partial charge in [0.05, 0.1) is 19.8 Å². The molecule has 0 atom stereocenters. The highest BCUT2D eigenvalue weighted by atomic mass is 16.5. The molecule has 1 rings (SSSR count). The Bertz CT molecular complexity index is 300. The summed E-state index contributed by atoms with van der Waals surface area (Å²) in [6.07, 6.45) is 0.983. The van der Waals surface area contributed by atoms with E-state index in [1.165, 1.54) is 0 Å². The van der Waals surface area contributed by atoms with Gasteiger partial charge in [-0.25, -0.2) is 0 Å². The Labute approximate surface area is 109 Å². The second-order valence-electron chi connectivity index (χ2n) is 3.84. The normalized spacial score (nSPS) is 10.3. The van der Waals surface area contributed by atoms with Crippen molar-refractivity contribution in [2.75, 3.05) is 45.4 Å². The monoisotopic (exact) mass is 253 g/mol. The molecule has 18 heavy (non-hydrogen) atoms. The van der Waals surface area contributed by atoms with Crippen molar-refractivity contribution in [1.82, 2.24) is 0 Å². The molecule has 0 aromatic heterocycles. The molecule has 0 unspecified atom stereocenters. The number of hydrogen-bond donors (Lipinski definition) is 1. The lowest BCUT2D eigenvalue weighted by Crippen LogP contribution is -2.08. The Hall–Kier alpha value is -1.26. The summed E-state index contributed by atoms with van der Waals surface area (Å²) in [4.78, 5) is 0. The van der Waals surface area contributed by atoms with Gasteiger partial charge in [-0.1, -0.05) is 0 Å². The summed E-state index contributed by atoms with van der Waals surface area (Å²) in [5.74, 6) is 0.908. The van der Waals surface area contributed by atoms with Crippen LogP contribution in [0, 0.1) is 0 Å². The van der Waals surface area contributed by atoms with Crippen LogP contribution < -0.4 is 10.1 Å². The smallest absolute Gasteiger partial charge is 0.119 e. The second-order valence-corrected chi connectivity index (χ2v) is 3.84. The third-order valence-electron chi connectivity index (χ3n) is 2.39. The topological polar surface area (TPSA) is 39.7 Å². The summed E-state index contributed by atoms with van der Waals surface area (Å²) in [6.45, 7) is 5.67. The van der Waals surface area contributed by atoms with Gasteiger partial charge in [0.25, 0.3) is 0 Å². The van der Waals surface area contributed by atoms with E-state index in [1.807, 2.05) is 31.2 Å². The molecule has 0 heterocycles. The maximum absolute atomic E-state index is 5.38. The van der Waals surface area contributed by atoms with E-state index in [0.29, 0.717) is 19.8 Å². The lowest BCUT2D eigenvalue weighted by atomic mass is 10.3. The van der Waals surface area contributed by atoms with E-state index in [4.69, 9.17) is 14.2 Å². The zero-order valence-corrected chi connectivity index (χ0v) is 11.3. The van der Waals surface area contributed by atoms with Crippen LogP contribution in [0.5, 0.6) is 5.75 Å². The number of ether oxygens (including phenoxy) is 3. The number of anilines is 1. The van der Waals surface area contributed by atoms with Gasteiger partial charge in [0.2, 0.25) is 0 Å². The predicted molar refractivity (Wildman–Crippen MR) is 73.4 cm³/mol. The van der Waals surface area contributed by atoms with Crippen LogP contribution in [0.3, 0.4) is 0 Å². The summed E-state index contributed by atoms with van der Waals surface area (Å²) in [5.41, 5.74) is 1.11. The fraction of sp³-hybridized carbons (Fsp3) is 0.571. The molecule has 0 amide bonds. The molecule has 0 saturated carbocycles. The molecule has 0 spiro atoms. The molecule has 0 aliphatic carbocycles. The molecule has 0 fully saturated rings. The summed E-state index contributed by atoms with van der Waals surface area (Å²) in [7, 11) is 1.68. The molecule has 0 bridgehead atoms. The van der Waals surface area contributed by atoms with Crippen LogP contribution in [0.15, 0.2) is 24.3 Å². The largest absolute Gasteiger partial charge is 0.494 e. The Morgan fingerprint density at radius 1 is 1.06 bits per heavy atom. The molecule has 4 nitrogen and oxygen atoms in total. The molecule has 0 saturated heterocycles. The minimum Gasteiger partial charge on any atom is -0.494 e. The molecular formula is C14H23NO3. The van der Waals surface area contributed by atoms with Crippen LogP contribution in [0.25, 0.3) is 0 Å². The lowest BCUT2D eigenvalue weighted by molar-refractivity contribution is 0.0705. The predicted octanol–water partition coefficient (Wildman–Crippen LogP) is 2.55. The number of methoxy groups -OCH3 is 1. The van der Waals surface area contributed by atoms with Crippen LogP contribution in [-0.4, -0.2) is 40.1 Å². The van der Waals surface area contributed by atoms with Crippen molar-refractivity contribution in [2.45, 2.75) is 13.3 Å². The van der Waals surface area contributed by atoms with Crippen LogP contribution in [0.4, 0.5) is 5.69 Å². The quantitative estimate of drug-likeness (QED) is 0.650. The van der Waals surface area contributed by atoms with E-state index in [2.05, 4.69) is 5.32 Å². The minimum atomic E-state index is 0.659. The first-order valence-electron chi connectivity index (χ1n) is 6.40. The van der Waals surface area contributed by atoms with Gasteiger partial charge in [-0.05, 0) is 37.6 Å². The third-order valence-corrected chi connectivity index (χ3v) is 2.39. The number of hydrogen-bond acceptors (Lipinski definition) is 4. The molecule has 1 aromatic carbocycles. The number of rotatable bonds is 10. The van der Waals surface area contributed by atoms with Gasteiger partial charge >= 0.3 is 0 Å². The van der Waals surface area contributed by atoms with Crippen LogP contribution in [0.2, 0.25) is 0 Å². The average Bonchev–Trinajstić information content (AvgIpc) is 2.40. The third kappa shape index (κ3) is 6.47. The highest BCUT2D eigenvalue weighted by molar-refractivity contribution is 5.46. The molecular weight excluding hydrogens is 230 g/mol. The Morgan fingerprint density at radius 2 is 1.83 bits per heavy atom. The summed E-state index contributed by atoms with van der Waals surface area (Å²) in [5, 5.41) is 3.34. The van der Waals surface area contributed by atoms with Crippen molar-refractivity contribution in [2.24, 2.45) is 0 Å². The zero-order valence-electron chi connectivity index (χ0n) is 11.3. The summed E-state index contributed by atoms with van der Waals surface area (Å²) >= 11 is 0. The van der Waals surface area contributed by atoms with Gasteiger partial charge in [0.15, 0.2) is 0 Å². The van der Waals surface area contributed by atoms with E-state index in [9.17, 15) is 0 Å². The van der Waals surface area contributed by atoms with E-state index in [1.54, 1.807) is 7.11 Å². The van der Waals surface area contributed by atoms with Crippen molar-refractivity contribution in [3.8, 4) is 5.75 Å². The fourth-order valence-corrected chi connectivity index (χ4v) is 1.49. The van der Waals surface area contributed by atoms with Crippen molar-refractivity contribution in [3.05, 3.63) is 24.3 Å². The minimum absolute atomic E-state index is 0.659. The molecule has 0 radical (unpaired) electrons. The second kappa shape index (κ2) is 9.74. The highest BCUT2D eigenvalue weighted by Crippen LogP contribution is 2.15.